The lowest BCUT2D eigenvalue weighted by atomic mass is 9.73. The van der Waals surface area contributed by atoms with Crippen LogP contribution >= 0.6 is 0 Å². The first-order valence-electron chi connectivity index (χ1n) is 7.97. The van der Waals surface area contributed by atoms with E-state index < -0.39 is 36.0 Å². The third-order valence-corrected chi connectivity index (χ3v) is 4.44. The Balaban J connectivity index is 2.13. The number of aliphatic hydroxyl groups is 2. The molecule has 0 amide bonds. The van der Waals surface area contributed by atoms with Gasteiger partial charge in [-0.15, -0.1) is 0 Å². The van der Waals surface area contributed by atoms with Gasteiger partial charge in [0.05, 0.1) is 18.2 Å². The molecule has 0 bridgehead atoms. The van der Waals surface area contributed by atoms with E-state index in [1.165, 1.54) is 12.1 Å². The maximum absolute atomic E-state index is 12.3. The molecule has 1 aliphatic rings. The largest absolute Gasteiger partial charge is 0.481 e. The molecule has 2 aromatic rings. The number of benzene rings is 1. The minimum Gasteiger partial charge on any atom is -0.481 e. The summed E-state index contributed by atoms with van der Waals surface area (Å²) in [4.78, 5) is 34.5. The van der Waals surface area contributed by atoms with Crippen molar-refractivity contribution < 1.29 is 34.4 Å². The van der Waals surface area contributed by atoms with Gasteiger partial charge in [-0.3, -0.25) is 14.4 Å². The van der Waals surface area contributed by atoms with Gasteiger partial charge in [0.15, 0.2) is 5.43 Å². The predicted octanol–water partition coefficient (Wildman–Crippen LogP) is 1.16. The molecule has 4 N–H and O–H groups in total. The van der Waals surface area contributed by atoms with Crippen molar-refractivity contribution in [2.75, 3.05) is 0 Å². The molecule has 8 heteroatoms. The number of rotatable bonds is 5. The normalized spacial score (nSPS) is 24.6. The van der Waals surface area contributed by atoms with Crippen molar-refractivity contribution in [3.05, 3.63) is 64.5 Å². The molecule has 0 spiro atoms. The van der Waals surface area contributed by atoms with Crippen LogP contribution in [0, 0.1) is 0 Å². The van der Waals surface area contributed by atoms with Crippen LogP contribution in [0.5, 0.6) is 0 Å². The molecule has 140 valence electrons. The fourth-order valence-electron chi connectivity index (χ4n) is 3.08. The van der Waals surface area contributed by atoms with Gasteiger partial charge in [-0.2, -0.15) is 0 Å². The highest BCUT2D eigenvalue weighted by Crippen LogP contribution is 2.39. The lowest BCUT2D eigenvalue weighted by Gasteiger charge is -2.40. The molecule has 0 fully saturated rings. The molecule has 8 nitrogen and oxygen atoms in total. The van der Waals surface area contributed by atoms with E-state index in [2.05, 4.69) is 0 Å². The summed E-state index contributed by atoms with van der Waals surface area (Å²) < 4.78 is 5.65. The maximum atomic E-state index is 12.3. The van der Waals surface area contributed by atoms with Gasteiger partial charge in [-0.25, -0.2) is 0 Å². The molecule has 1 aromatic heterocycles. The summed E-state index contributed by atoms with van der Waals surface area (Å²) in [6.45, 7) is 0. The fourth-order valence-corrected chi connectivity index (χ4v) is 3.08. The summed E-state index contributed by atoms with van der Waals surface area (Å²) in [5.41, 5.74) is -4.64. The van der Waals surface area contributed by atoms with Gasteiger partial charge in [0, 0.05) is 11.6 Å². The molecule has 1 aromatic carbocycles. The Bertz CT molecular complexity index is 1050. The molecule has 0 radical (unpaired) electrons. The quantitative estimate of drug-likeness (QED) is 0.612. The SMILES string of the molecule is O=C(O)CC1(O)C=CC(c2cc(=O)c3ccccc3o2)=CC1(O)CC(=O)O. The van der Waals surface area contributed by atoms with Gasteiger partial charge in [-0.05, 0) is 24.3 Å². The van der Waals surface area contributed by atoms with Crippen molar-refractivity contribution in [3.8, 4) is 0 Å². The second kappa shape index (κ2) is 6.49. The van der Waals surface area contributed by atoms with E-state index in [4.69, 9.17) is 14.6 Å². The molecule has 0 saturated heterocycles. The molecule has 0 saturated carbocycles. The summed E-state index contributed by atoms with van der Waals surface area (Å²) in [7, 11) is 0. The summed E-state index contributed by atoms with van der Waals surface area (Å²) in [6.07, 6.45) is 1.46. The van der Waals surface area contributed by atoms with E-state index in [0.717, 1.165) is 12.2 Å². The van der Waals surface area contributed by atoms with E-state index in [-0.39, 0.29) is 16.8 Å². The zero-order valence-electron chi connectivity index (χ0n) is 14.0. The third-order valence-electron chi connectivity index (χ3n) is 4.44. The molecular weight excluding hydrogens is 356 g/mol. The Morgan fingerprint density at radius 1 is 1.00 bits per heavy atom. The smallest absolute Gasteiger partial charge is 0.306 e. The Morgan fingerprint density at radius 2 is 1.63 bits per heavy atom. The number of hydrogen-bond donors (Lipinski definition) is 4. The number of carboxylic acids is 2. The standard InChI is InChI=1S/C19H16O8/c20-13-7-15(27-14-4-2-1-3-12(13)14)11-5-6-18(25,9-16(21)22)19(26,8-11)10-17(23)24/h1-8,25-26H,9-10H2,(H,21,22)(H,23,24). The van der Waals surface area contributed by atoms with Crippen LogP contribution in [-0.4, -0.2) is 43.6 Å². The summed E-state index contributed by atoms with van der Waals surface area (Å²) in [5, 5.41) is 39.8. The highest BCUT2D eigenvalue weighted by atomic mass is 16.4. The van der Waals surface area contributed by atoms with Crippen LogP contribution in [0.4, 0.5) is 0 Å². The second-order valence-electron chi connectivity index (χ2n) is 6.39. The van der Waals surface area contributed by atoms with Crippen LogP contribution in [0.15, 0.2) is 57.8 Å². The molecule has 27 heavy (non-hydrogen) atoms. The molecule has 3 rings (SSSR count). The zero-order chi connectivity index (χ0) is 19.8. The Hall–Kier alpha value is -3.23. The number of allylic oxidation sites excluding steroid dienone is 2. The minimum atomic E-state index is -2.41. The Kier molecular flexibility index (Phi) is 4.46. The van der Waals surface area contributed by atoms with Crippen molar-refractivity contribution in [3.63, 3.8) is 0 Å². The number of para-hydroxylation sites is 1. The highest BCUT2D eigenvalue weighted by molar-refractivity contribution is 5.82. The molecule has 1 heterocycles. The number of hydrogen-bond acceptors (Lipinski definition) is 6. The lowest BCUT2D eigenvalue weighted by molar-refractivity contribution is -0.160. The average molecular weight is 372 g/mol. The van der Waals surface area contributed by atoms with E-state index in [0.29, 0.717) is 11.0 Å². The first kappa shape index (κ1) is 18.6. The van der Waals surface area contributed by atoms with Crippen LogP contribution < -0.4 is 5.43 Å². The fraction of sp³-hybridized carbons (Fsp3) is 0.211. The first-order chi connectivity index (χ1) is 12.6. The molecule has 2 unspecified atom stereocenters. The first-order valence-corrected chi connectivity index (χ1v) is 7.97. The topological polar surface area (TPSA) is 145 Å². The lowest BCUT2D eigenvalue weighted by Crippen LogP contribution is -2.55. The van der Waals surface area contributed by atoms with E-state index >= 15 is 0 Å². The monoisotopic (exact) mass is 372 g/mol. The number of carbonyl (C=O) groups is 2. The number of aliphatic carboxylic acids is 2. The Labute approximate surface area is 152 Å². The van der Waals surface area contributed by atoms with Crippen molar-refractivity contribution in [1.82, 2.24) is 0 Å². The summed E-state index contributed by atoms with van der Waals surface area (Å²) >= 11 is 0. The van der Waals surface area contributed by atoms with Crippen molar-refractivity contribution in [1.29, 1.82) is 0 Å². The highest BCUT2D eigenvalue weighted by Gasteiger charge is 2.51. The van der Waals surface area contributed by atoms with Crippen LogP contribution in [0.25, 0.3) is 16.5 Å². The summed E-state index contributed by atoms with van der Waals surface area (Å²) in [6, 6.07) is 7.70. The van der Waals surface area contributed by atoms with Gasteiger partial charge in [-0.1, -0.05) is 18.2 Å². The van der Waals surface area contributed by atoms with Crippen LogP contribution in [0.2, 0.25) is 0 Å². The van der Waals surface area contributed by atoms with E-state index in [9.17, 15) is 24.6 Å². The van der Waals surface area contributed by atoms with E-state index in [1.807, 2.05) is 0 Å². The van der Waals surface area contributed by atoms with Gasteiger partial charge < -0.3 is 24.8 Å². The van der Waals surface area contributed by atoms with Gasteiger partial charge in [0.1, 0.15) is 22.5 Å². The van der Waals surface area contributed by atoms with E-state index in [1.54, 1.807) is 24.3 Å². The molecular formula is C19H16O8. The zero-order valence-corrected chi connectivity index (χ0v) is 14.0. The Morgan fingerprint density at radius 3 is 2.30 bits per heavy atom. The molecule has 0 aliphatic heterocycles. The van der Waals surface area contributed by atoms with Crippen molar-refractivity contribution in [2.24, 2.45) is 0 Å². The van der Waals surface area contributed by atoms with Gasteiger partial charge >= 0.3 is 11.9 Å². The van der Waals surface area contributed by atoms with Gasteiger partial charge in [0.2, 0.25) is 0 Å². The summed E-state index contributed by atoms with van der Waals surface area (Å²) in [5.74, 6) is -2.80. The second-order valence-corrected chi connectivity index (χ2v) is 6.39. The predicted molar refractivity (Wildman–Crippen MR) is 94.0 cm³/mol. The van der Waals surface area contributed by atoms with Crippen LogP contribution in [-0.2, 0) is 9.59 Å². The van der Waals surface area contributed by atoms with Gasteiger partial charge in [0.25, 0.3) is 0 Å². The number of fused-ring (bicyclic) bond motifs is 1. The molecule has 2 atom stereocenters. The molecule has 1 aliphatic carbocycles. The van der Waals surface area contributed by atoms with Crippen LogP contribution in [0.1, 0.15) is 18.6 Å². The third kappa shape index (κ3) is 3.40. The van der Waals surface area contributed by atoms with Crippen LogP contribution in [0.3, 0.4) is 0 Å². The van der Waals surface area contributed by atoms with Crippen molar-refractivity contribution >= 4 is 28.5 Å². The number of carboxylic acid groups (broad SMARTS) is 2. The average Bonchev–Trinajstić information content (AvgIpc) is 2.56. The van der Waals surface area contributed by atoms with Crippen molar-refractivity contribution in [2.45, 2.75) is 24.0 Å². The maximum Gasteiger partial charge on any atom is 0.306 e. The minimum absolute atomic E-state index is 0.0520.